The third-order valence-corrected chi connectivity index (χ3v) is 3.60. The zero-order valence-corrected chi connectivity index (χ0v) is 13.5. The Labute approximate surface area is 138 Å². The molecule has 2 aromatic rings. The van der Waals surface area contributed by atoms with E-state index < -0.39 is 11.9 Å². The van der Waals surface area contributed by atoms with Gasteiger partial charge in [0.15, 0.2) is 0 Å². The summed E-state index contributed by atoms with van der Waals surface area (Å²) in [5, 5.41) is 12.0. The Morgan fingerprint density at radius 1 is 1.10 bits per heavy atom. The van der Waals surface area contributed by atoms with Crippen molar-refractivity contribution in [3.63, 3.8) is 0 Å². The van der Waals surface area contributed by atoms with Crippen LogP contribution in [0.1, 0.15) is 20.7 Å². The van der Waals surface area contributed by atoms with Gasteiger partial charge >= 0.3 is 5.97 Å². The molecule has 4 nitrogen and oxygen atoms in total. The molecule has 0 saturated carbocycles. The van der Waals surface area contributed by atoms with Crippen molar-refractivity contribution in [1.82, 2.24) is 0 Å². The molecule has 0 spiro atoms. The highest BCUT2D eigenvalue weighted by molar-refractivity contribution is 9.10. The molecule has 108 valence electrons. The second-order valence-corrected chi connectivity index (χ2v) is 5.87. The maximum atomic E-state index is 12.1. The Balaban J connectivity index is 2.29. The molecule has 1 amide bonds. The van der Waals surface area contributed by atoms with Gasteiger partial charge in [0.1, 0.15) is 0 Å². The van der Waals surface area contributed by atoms with Crippen molar-refractivity contribution >= 4 is 56.7 Å². The minimum atomic E-state index is -1.13. The highest BCUT2D eigenvalue weighted by atomic mass is 79.9. The zero-order valence-electron chi connectivity index (χ0n) is 10.4. The first-order valence-corrected chi connectivity index (χ1v) is 7.22. The van der Waals surface area contributed by atoms with Crippen LogP contribution in [0.5, 0.6) is 0 Å². The van der Waals surface area contributed by atoms with Crippen LogP contribution in [-0.2, 0) is 0 Å². The molecule has 0 aromatic heterocycles. The van der Waals surface area contributed by atoms with Crippen LogP contribution in [0.4, 0.5) is 5.69 Å². The fourth-order valence-corrected chi connectivity index (χ4v) is 2.65. The van der Waals surface area contributed by atoms with E-state index in [4.69, 9.17) is 28.3 Å². The Morgan fingerprint density at radius 2 is 1.81 bits per heavy atom. The predicted molar refractivity (Wildman–Crippen MR) is 85.5 cm³/mol. The Morgan fingerprint density at radius 3 is 2.43 bits per heavy atom. The van der Waals surface area contributed by atoms with Crippen LogP contribution >= 0.6 is 39.1 Å². The van der Waals surface area contributed by atoms with Crippen molar-refractivity contribution < 1.29 is 14.7 Å². The van der Waals surface area contributed by atoms with Gasteiger partial charge in [-0.05, 0) is 36.4 Å². The minimum Gasteiger partial charge on any atom is -0.478 e. The zero-order chi connectivity index (χ0) is 15.6. The van der Waals surface area contributed by atoms with Crippen molar-refractivity contribution in [3.05, 3.63) is 62.0 Å². The predicted octanol–water partition coefficient (Wildman–Crippen LogP) is 4.71. The average Bonchev–Trinajstić information content (AvgIpc) is 2.37. The van der Waals surface area contributed by atoms with Crippen LogP contribution in [0.2, 0.25) is 10.0 Å². The van der Waals surface area contributed by atoms with Crippen molar-refractivity contribution in [3.8, 4) is 0 Å². The first-order chi connectivity index (χ1) is 9.86. The third kappa shape index (κ3) is 3.97. The Hall–Kier alpha value is -1.56. The minimum absolute atomic E-state index is 0.0142. The second-order valence-electron chi connectivity index (χ2n) is 4.11. The lowest BCUT2D eigenvalue weighted by Gasteiger charge is -2.08. The number of amides is 1. The van der Waals surface area contributed by atoms with Crippen LogP contribution in [0.3, 0.4) is 0 Å². The largest absolute Gasteiger partial charge is 0.478 e. The lowest BCUT2D eigenvalue weighted by atomic mass is 10.1. The molecule has 0 aliphatic rings. The average molecular weight is 389 g/mol. The smallest absolute Gasteiger partial charge is 0.335 e. The van der Waals surface area contributed by atoms with E-state index in [1.54, 1.807) is 18.2 Å². The number of anilines is 1. The van der Waals surface area contributed by atoms with Crippen molar-refractivity contribution in [2.75, 3.05) is 5.32 Å². The summed E-state index contributed by atoms with van der Waals surface area (Å²) < 4.78 is 0.750. The van der Waals surface area contributed by atoms with E-state index in [1.165, 1.54) is 18.2 Å². The van der Waals surface area contributed by atoms with Crippen molar-refractivity contribution in [1.29, 1.82) is 0 Å². The van der Waals surface area contributed by atoms with Crippen LogP contribution in [0.25, 0.3) is 0 Å². The summed E-state index contributed by atoms with van der Waals surface area (Å²) in [5.74, 6) is -1.58. The van der Waals surface area contributed by atoms with E-state index in [0.29, 0.717) is 0 Å². The third-order valence-electron chi connectivity index (χ3n) is 2.58. The molecule has 0 atom stereocenters. The molecule has 0 aliphatic carbocycles. The van der Waals surface area contributed by atoms with Crippen LogP contribution in [0, 0.1) is 0 Å². The van der Waals surface area contributed by atoms with Gasteiger partial charge in [-0.1, -0.05) is 39.1 Å². The molecule has 2 N–H and O–H groups in total. The van der Waals surface area contributed by atoms with E-state index in [1.807, 2.05) is 0 Å². The van der Waals surface area contributed by atoms with Gasteiger partial charge in [0.25, 0.3) is 5.91 Å². The van der Waals surface area contributed by atoms with Crippen LogP contribution in [0.15, 0.2) is 40.9 Å². The van der Waals surface area contributed by atoms with Gasteiger partial charge in [-0.3, -0.25) is 4.79 Å². The molecular weight excluding hydrogens is 381 g/mol. The first-order valence-electron chi connectivity index (χ1n) is 5.67. The monoisotopic (exact) mass is 387 g/mol. The number of aromatic carboxylic acids is 1. The Kier molecular flexibility index (Phi) is 4.88. The number of rotatable bonds is 3. The highest BCUT2D eigenvalue weighted by Crippen LogP contribution is 2.24. The summed E-state index contributed by atoms with van der Waals surface area (Å²) in [5.41, 5.74) is 0.542. The summed E-state index contributed by atoms with van der Waals surface area (Å²) in [6.07, 6.45) is 0. The number of halogens is 3. The van der Waals surface area contributed by atoms with E-state index in [9.17, 15) is 9.59 Å². The molecule has 2 rings (SSSR count). The quantitative estimate of drug-likeness (QED) is 0.800. The molecule has 21 heavy (non-hydrogen) atoms. The standard InChI is InChI=1S/C14H8BrCl2NO3/c15-8-1-2-11(12(17)5-8)13(19)18-10-4-7(14(20)21)3-9(16)6-10/h1-6H,(H,18,19)(H,20,21). The number of carboxylic acid groups (broad SMARTS) is 1. The first kappa shape index (κ1) is 15.8. The fraction of sp³-hybridized carbons (Fsp3) is 0. The molecule has 0 heterocycles. The lowest BCUT2D eigenvalue weighted by Crippen LogP contribution is -2.13. The number of hydrogen-bond acceptors (Lipinski definition) is 2. The maximum absolute atomic E-state index is 12.1. The molecule has 0 saturated heterocycles. The van der Waals surface area contributed by atoms with Crippen LogP contribution in [-0.4, -0.2) is 17.0 Å². The van der Waals surface area contributed by atoms with Gasteiger partial charge < -0.3 is 10.4 Å². The van der Waals surface area contributed by atoms with Crippen molar-refractivity contribution in [2.45, 2.75) is 0 Å². The van der Waals surface area contributed by atoms with Crippen LogP contribution < -0.4 is 5.32 Å². The normalized spacial score (nSPS) is 10.2. The summed E-state index contributed by atoms with van der Waals surface area (Å²) in [6.45, 7) is 0. The summed E-state index contributed by atoms with van der Waals surface area (Å²) >= 11 is 15.1. The molecule has 0 aliphatic heterocycles. The van der Waals surface area contributed by atoms with Gasteiger partial charge in [-0.2, -0.15) is 0 Å². The van der Waals surface area contributed by atoms with E-state index in [-0.39, 0.29) is 26.9 Å². The van der Waals surface area contributed by atoms with Crippen molar-refractivity contribution in [2.24, 2.45) is 0 Å². The molecule has 0 bridgehead atoms. The lowest BCUT2D eigenvalue weighted by molar-refractivity contribution is 0.0696. The topological polar surface area (TPSA) is 66.4 Å². The Bertz CT molecular complexity index is 734. The number of carboxylic acids is 1. The number of nitrogens with one attached hydrogen (secondary N) is 1. The number of benzene rings is 2. The number of hydrogen-bond donors (Lipinski definition) is 2. The maximum Gasteiger partial charge on any atom is 0.335 e. The molecule has 2 aromatic carbocycles. The van der Waals surface area contributed by atoms with Gasteiger partial charge in [0.2, 0.25) is 0 Å². The highest BCUT2D eigenvalue weighted by Gasteiger charge is 2.13. The summed E-state index contributed by atoms with van der Waals surface area (Å²) in [4.78, 5) is 23.1. The SMILES string of the molecule is O=C(O)c1cc(Cl)cc(NC(=O)c2ccc(Br)cc2Cl)c1. The molecule has 0 fully saturated rings. The van der Waals surface area contributed by atoms with E-state index in [2.05, 4.69) is 21.2 Å². The molecule has 7 heteroatoms. The molecular formula is C14H8BrCl2NO3. The van der Waals surface area contributed by atoms with E-state index in [0.717, 1.165) is 4.47 Å². The van der Waals surface area contributed by atoms with Gasteiger partial charge in [0, 0.05) is 15.2 Å². The molecule has 0 radical (unpaired) electrons. The summed E-state index contributed by atoms with van der Waals surface area (Å²) in [6, 6.07) is 8.91. The van der Waals surface area contributed by atoms with E-state index >= 15 is 0 Å². The number of carbonyl (C=O) groups excluding carboxylic acids is 1. The van der Waals surface area contributed by atoms with Gasteiger partial charge in [0.05, 0.1) is 16.1 Å². The van der Waals surface area contributed by atoms with Gasteiger partial charge in [-0.25, -0.2) is 4.79 Å². The second kappa shape index (κ2) is 6.47. The number of carbonyl (C=O) groups is 2. The van der Waals surface area contributed by atoms with Gasteiger partial charge in [-0.15, -0.1) is 0 Å². The molecule has 0 unspecified atom stereocenters. The summed E-state index contributed by atoms with van der Waals surface area (Å²) in [7, 11) is 0. The fourth-order valence-electron chi connectivity index (χ4n) is 1.66.